The summed E-state index contributed by atoms with van der Waals surface area (Å²) in [6.07, 6.45) is 0.116. The van der Waals surface area contributed by atoms with E-state index in [9.17, 15) is 9.59 Å². The number of amidine groups is 1. The number of benzene rings is 1. The maximum absolute atomic E-state index is 12.0. The molecule has 2 N–H and O–H groups in total. The highest BCUT2D eigenvalue weighted by atomic mass is 32.2. The van der Waals surface area contributed by atoms with Crippen LogP contribution in [-0.4, -0.2) is 35.9 Å². The van der Waals surface area contributed by atoms with Crippen LogP contribution < -0.4 is 15.4 Å². The molecule has 1 atom stereocenters. The van der Waals surface area contributed by atoms with E-state index in [1.54, 1.807) is 31.4 Å². The number of anilines is 1. The first-order valence-electron chi connectivity index (χ1n) is 6.58. The van der Waals surface area contributed by atoms with Gasteiger partial charge < -0.3 is 15.4 Å². The van der Waals surface area contributed by atoms with Gasteiger partial charge in [-0.2, -0.15) is 0 Å². The van der Waals surface area contributed by atoms with Crippen molar-refractivity contribution in [2.75, 3.05) is 19.0 Å². The molecule has 0 saturated carbocycles. The number of ether oxygens (including phenoxy) is 1. The van der Waals surface area contributed by atoms with Crippen LogP contribution in [0.5, 0.6) is 5.75 Å². The molecular formula is C14H17N3O3S. The number of thioether (sulfide) groups is 1. The lowest BCUT2D eigenvalue weighted by molar-refractivity contribution is -0.122. The van der Waals surface area contributed by atoms with Crippen molar-refractivity contribution in [2.45, 2.75) is 18.6 Å². The molecule has 2 rings (SSSR count). The number of nitrogens with zero attached hydrogens (tertiary/aromatic N) is 1. The van der Waals surface area contributed by atoms with Gasteiger partial charge in [-0.05, 0) is 31.2 Å². The number of carbonyl (C=O) groups excluding carboxylic acids is 2. The number of amides is 2. The van der Waals surface area contributed by atoms with Crippen molar-refractivity contribution in [3.05, 3.63) is 24.3 Å². The fraction of sp³-hybridized carbons (Fsp3) is 0.357. The lowest BCUT2D eigenvalue weighted by atomic mass is 10.2. The van der Waals surface area contributed by atoms with E-state index in [-0.39, 0.29) is 18.2 Å². The normalized spacial score (nSPS) is 19.4. The minimum absolute atomic E-state index is 0.116. The van der Waals surface area contributed by atoms with Gasteiger partial charge in [-0.1, -0.05) is 11.8 Å². The monoisotopic (exact) mass is 307 g/mol. The third-order valence-corrected chi connectivity index (χ3v) is 3.94. The molecule has 1 aliphatic heterocycles. The van der Waals surface area contributed by atoms with Crippen LogP contribution >= 0.6 is 11.8 Å². The maximum Gasteiger partial charge on any atom is 0.240 e. The number of methoxy groups -OCH3 is 1. The first-order valence-corrected chi connectivity index (χ1v) is 7.46. The van der Waals surface area contributed by atoms with Gasteiger partial charge in [0.2, 0.25) is 11.8 Å². The Balaban J connectivity index is 1.89. The number of rotatable bonds is 5. The van der Waals surface area contributed by atoms with Gasteiger partial charge in [-0.25, -0.2) is 0 Å². The average Bonchev–Trinajstić information content (AvgIpc) is 2.80. The largest absolute Gasteiger partial charge is 0.497 e. The van der Waals surface area contributed by atoms with Gasteiger partial charge in [0.25, 0.3) is 0 Å². The summed E-state index contributed by atoms with van der Waals surface area (Å²) in [5.41, 5.74) is 0.673. The van der Waals surface area contributed by atoms with Gasteiger partial charge in [0.15, 0.2) is 5.17 Å². The van der Waals surface area contributed by atoms with Crippen molar-refractivity contribution in [1.29, 1.82) is 0 Å². The summed E-state index contributed by atoms with van der Waals surface area (Å²) < 4.78 is 5.05. The predicted octanol–water partition coefficient (Wildman–Crippen LogP) is 1.63. The van der Waals surface area contributed by atoms with E-state index in [2.05, 4.69) is 15.6 Å². The molecule has 6 nitrogen and oxygen atoms in total. The third-order valence-electron chi connectivity index (χ3n) is 2.82. The lowest BCUT2D eigenvalue weighted by Gasteiger charge is -2.08. The van der Waals surface area contributed by atoms with Crippen LogP contribution in [0.3, 0.4) is 0 Å². The van der Waals surface area contributed by atoms with E-state index >= 15 is 0 Å². The fourth-order valence-electron chi connectivity index (χ4n) is 1.81. The number of hydrogen-bond acceptors (Lipinski definition) is 5. The molecule has 1 saturated heterocycles. The molecule has 0 radical (unpaired) electrons. The summed E-state index contributed by atoms with van der Waals surface area (Å²) in [7, 11) is 1.58. The summed E-state index contributed by atoms with van der Waals surface area (Å²) in [5, 5.41) is 5.59. The zero-order valence-corrected chi connectivity index (χ0v) is 12.7. The number of aliphatic imine (C=N–C) groups is 1. The van der Waals surface area contributed by atoms with Gasteiger partial charge >= 0.3 is 0 Å². The molecule has 0 aromatic heterocycles. The van der Waals surface area contributed by atoms with Crippen LogP contribution in [0.25, 0.3) is 0 Å². The number of nitrogens with one attached hydrogen (secondary N) is 2. The standard InChI is InChI=1S/C14H17N3O3S/c1-3-15-14-17-13(19)11(21-14)8-12(18)16-9-4-6-10(20-2)7-5-9/h4-7,11H,3,8H2,1-2H3,(H,16,18)(H,15,17,19)/t11-/m0/s1. The summed E-state index contributed by atoms with van der Waals surface area (Å²) in [6.45, 7) is 2.50. The van der Waals surface area contributed by atoms with E-state index in [0.717, 1.165) is 5.75 Å². The van der Waals surface area contributed by atoms with Gasteiger partial charge in [0.05, 0.1) is 7.11 Å². The minimum atomic E-state index is -0.423. The number of hydrogen-bond donors (Lipinski definition) is 2. The van der Waals surface area contributed by atoms with Crippen LogP contribution in [0.2, 0.25) is 0 Å². The molecule has 112 valence electrons. The Morgan fingerprint density at radius 3 is 2.76 bits per heavy atom. The molecule has 1 fully saturated rings. The van der Waals surface area contributed by atoms with E-state index in [1.165, 1.54) is 11.8 Å². The molecule has 0 bridgehead atoms. The summed E-state index contributed by atoms with van der Waals surface area (Å²) in [6, 6.07) is 7.03. The second kappa shape index (κ2) is 7.12. The predicted molar refractivity (Wildman–Crippen MR) is 83.7 cm³/mol. The van der Waals surface area contributed by atoms with Crippen LogP contribution in [0.4, 0.5) is 5.69 Å². The van der Waals surface area contributed by atoms with Gasteiger partial charge in [-0.15, -0.1) is 0 Å². The van der Waals surface area contributed by atoms with Crippen molar-refractivity contribution in [1.82, 2.24) is 5.32 Å². The maximum atomic E-state index is 12.0. The summed E-state index contributed by atoms with van der Waals surface area (Å²) in [4.78, 5) is 27.8. The molecular weight excluding hydrogens is 290 g/mol. The molecule has 21 heavy (non-hydrogen) atoms. The molecule has 0 spiro atoms. The highest BCUT2D eigenvalue weighted by Gasteiger charge is 2.31. The SMILES string of the molecule is CCN=C1NC(=O)[C@H](CC(=O)Nc2ccc(OC)cc2)S1. The Bertz CT molecular complexity index is 557. The smallest absolute Gasteiger partial charge is 0.240 e. The second-order valence-electron chi connectivity index (χ2n) is 4.36. The quantitative estimate of drug-likeness (QED) is 0.866. The molecule has 1 aromatic rings. The first-order chi connectivity index (χ1) is 10.1. The molecule has 0 aliphatic carbocycles. The van der Waals surface area contributed by atoms with Crippen molar-refractivity contribution in [3.8, 4) is 5.75 Å². The molecule has 0 unspecified atom stereocenters. The van der Waals surface area contributed by atoms with Crippen LogP contribution in [0.1, 0.15) is 13.3 Å². The Morgan fingerprint density at radius 2 is 2.14 bits per heavy atom. The average molecular weight is 307 g/mol. The fourth-order valence-corrected chi connectivity index (χ4v) is 2.85. The van der Waals surface area contributed by atoms with E-state index < -0.39 is 5.25 Å². The van der Waals surface area contributed by atoms with E-state index in [4.69, 9.17) is 4.74 Å². The minimum Gasteiger partial charge on any atom is -0.497 e. The molecule has 1 heterocycles. The zero-order valence-electron chi connectivity index (χ0n) is 11.9. The van der Waals surface area contributed by atoms with Crippen LogP contribution in [0, 0.1) is 0 Å². The van der Waals surface area contributed by atoms with E-state index in [1.807, 2.05) is 6.92 Å². The molecule has 2 amide bonds. The summed E-state index contributed by atoms with van der Waals surface area (Å²) in [5.74, 6) is 0.349. The molecule has 1 aromatic carbocycles. The Labute approximate surface area is 127 Å². The van der Waals surface area contributed by atoms with Crippen molar-refractivity contribution >= 4 is 34.4 Å². The highest BCUT2D eigenvalue weighted by molar-refractivity contribution is 8.15. The zero-order chi connectivity index (χ0) is 15.2. The Kier molecular flexibility index (Phi) is 5.21. The van der Waals surface area contributed by atoms with Gasteiger partial charge in [-0.3, -0.25) is 14.6 Å². The molecule has 7 heteroatoms. The molecule has 1 aliphatic rings. The van der Waals surface area contributed by atoms with Gasteiger partial charge in [0, 0.05) is 18.7 Å². The van der Waals surface area contributed by atoms with Gasteiger partial charge in [0.1, 0.15) is 11.0 Å². The summed E-state index contributed by atoms with van der Waals surface area (Å²) >= 11 is 1.30. The third kappa shape index (κ3) is 4.22. The second-order valence-corrected chi connectivity index (χ2v) is 5.55. The van der Waals surface area contributed by atoms with Crippen molar-refractivity contribution < 1.29 is 14.3 Å². The van der Waals surface area contributed by atoms with Crippen molar-refractivity contribution in [2.24, 2.45) is 4.99 Å². The van der Waals surface area contributed by atoms with E-state index in [0.29, 0.717) is 17.4 Å². The first kappa shape index (κ1) is 15.4. The Hall–Kier alpha value is -2.02. The topological polar surface area (TPSA) is 79.8 Å². The van der Waals surface area contributed by atoms with Crippen LogP contribution in [-0.2, 0) is 9.59 Å². The van der Waals surface area contributed by atoms with Crippen LogP contribution in [0.15, 0.2) is 29.3 Å². The highest BCUT2D eigenvalue weighted by Crippen LogP contribution is 2.23. The van der Waals surface area contributed by atoms with Crippen molar-refractivity contribution in [3.63, 3.8) is 0 Å². The lowest BCUT2D eigenvalue weighted by Crippen LogP contribution is -2.28. The number of carbonyl (C=O) groups is 2. The Morgan fingerprint density at radius 1 is 1.43 bits per heavy atom.